The van der Waals surface area contributed by atoms with E-state index in [0.717, 1.165) is 11.4 Å². The number of rotatable bonds is 6. The molecule has 2 aromatic rings. The van der Waals surface area contributed by atoms with Crippen LogP contribution >= 0.6 is 0 Å². The Kier molecular flexibility index (Phi) is 5.51. The molecule has 0 saturated heterocycles. The minimum Gasteiger partial charge on any atom is -0.387 e. The first-order valence-electron chi connectivity index (χ1n) is 7.65. The molecule has 0 aromatic heterocycles. The highest BCUT2D eigenvalue weighted by Crippen LogP contribution is 2.22. The predicted molar refractivity (Wildman–Crippen MR) is 98.6 cm³/mol. The van der Waals surface area contributed by atoms with Crippen LogP contribution in [0.3, 0.4) is 0 Å². The Bertz CT molecular complexity index is 769. The molecule has 0 aliphatic heterocycles. The lowest BCUT2D eigenvalue weighted by Crippen LogP contribution is -2.24. The van der Waals surface area contributed by atoms with Gasteiger partial charge in [0.25, 0.3) is 0 Å². The van der Waals surface area contributed by atoms with Gasteiger partial charge in [-0.3, -0.25) is 0 Å². The van der Waals surface area contributed by atoms with Crippen molar-refractivity contribution in [2.45, 2.75) is 11.0 Å². The van der Waals surface area contributed by atoms with Crippen LogP contribution < -0.4 is 9.80 Å². The molecular formula is C18H24N2O3S. The molecular weight excluding hydrogens is 324 g/mol. The molecule has 0 fully saturated rings. The zero-order valence-corrected chi connectivity index (χ0v) is 15.3. The number of aliphatic hydroxyl groups excluding tert-OH is 1. The Labute approximate surface area is 144 Å². The molecule has 1 N–H and O–H groups in total. The Morgan fingerprint density at radius 3 is 1.88 bits per heavy atom. The summed E-state index contributed by atoms with van der Waals surface area (Å²) in [5.74, 6) is 0. The second-order valence-electron chi connectivity index (χ2n) is 6.15. The van der Waals surface area contributed by atoms with E-state index in [4.69, 9.17) is 0 Å². The van der Waals surface area contributed by atoms with Crippen molar-refractivity contribution in [3.05, 3.63) is 54.1 Å². The second kappa shape index (κ2) is 7.23. The van der Waals surface area contributed by atoms with Crippen LogP contribution in [0.4, 0.5) is 11.4 Å². The minimum absolute atomic E-state index is 0.256. The van der Waals surface area contributed by atoms with Gasteiger partial charge in [0.15, 0.2) is 9.84 Å². The number of nitrogens with zero attached hydrogens (tertiary/aromatic N) is 2. The summed E-state index contributed by atoms with van der Waals surface area (Å²) in [6.45, 7) is 0.416. The molecule has 2 rings (SSSR count). The minimum atomic E-state index is -3.22. The van der Waals surface area contributed by atoms with Crippen LogP contribution in [-0.2, 0) is 9.84 Å². The van der Waals surface area contributed by atoms with Crippen molar-refractivity contribution in [1.29, 1.82) is 0 Å². The van der Waals surface area contributed by atoms with E-state index in [0.29, 0.717) is 12.1 Å². The number of anilines is 2. The molecule has 6 heteroatoms. The highest BCUT2D eigenvalue weighted by molar-refractivity contribution is 7.90. The zero-order valence-electron chi connectivity index (χ0n) is 14.5. The van der Waals surface area contributed by atoms with Gasteiger partial charge >= 0.3 is 0 Å². The summed E-state index contributed by atoms with van der Waals surface area (Å²) < 4.78 is 23.0. The summed E-state index contributed by atoms with van der Waals surface area (Å²) in [4.78, 5) is 4.25. The molecule has 0 radical (unpaired) electrons. The fraction of sp³-hybridized carbons (Fsp3) is 0.333. The number of benzene rings is 2. The average molecular weight is 348 g/mol. The number of aliphatic hydroxyl groups is 1. The number of hydrogen-bond donors (Lipinski definition) is 1. The number of likely N-dealkylation sites (N-methyl/N-ethyl adjacent to an activating group) is 1. The third-order valence-corrected chi connectivity index (χ3v) is 5.08. The molecule has 130 valence electrons. The lowest BCUT2D eigenvalue weighted by molar-refractivity contribution is 0.185. The maximum Gasteiger partial charge on any atom is 0.175 e. The standard InChI is InChI=1S/C18H24N2O3S/c1-19(2)15-7-9-16(10-8-15)20(3)13-18(21)14-5-11-17(12-6-14)24(4,22)23/h5-12,18,21H,13H2,1-4H3. The Hall–Kier alpha value is -2.05. The van der Waals surface area contributed by atoms with Crippen molar-refractivity contribution in [2.75, 3.05) is 43.7 Å². The summed E-state index contributed by atoms with van der Waals surface area (Å²) in [6, 6.07) is 14.4. The summed E-state index contributed by atoms with van der Waals surface area (Å²) >= 11 is 0. The molecule has 0 saturated carbocycles. The Morgan fingerprint density at radius 2 is 1.42 bits per heavy atom. The molecule has 0 aliphatic carbocycles. The number of hydrogen-bond acceptors (Lipinski definition) is 5. The highest BCUT2D eigenvalue weighted by Gasteiger charge is 2.13. The van der Waals surface area contributed by atoms with Gasteiger partial charge in [0.05, 0.1) is 11.0 Å². The van der Waals surface area contributed by atoms with Gasteiger partial charge < -0.3 is 14.9 Å². The maximum absolute atomic E-state index is 11.5. The van der Waals surface area contributed by atoms with Crippen molar-refractivity contribution in [2.24, 2.45) is 0 Å². The number of sulfone groups is 1. The van der Waals surface area contributed by atoms with Crippen molar-refractivity contribution in [1.82, 2.24) is 0 Å². The zero-order chi connectivity index (χ0) is 17.9. The molecule has 0 amide bonds. The summed E-state index contributed by atoms with van der Waals surface area (Å²) in [7, 11) is 2.67. The van der Waals surface area contributed by atoms with Crippen molar-refractivity contribution >= 4 is 21.2 Å². The smallest absolute Gasteiger partial charge is 0.175 e. The third-order valence-electron chi connectivity index (χ3n) is 3.95. The molecule has 0 spiro atoms. The van der Waals surface area contributed by atoms with Crippen LogP contribution in [0.1, 0.15) is 11.7 Å². The first-order chi connectivity index (χ1) is 11.2. The fourth-order valence-electron chi connectivity index (χ4n) is 2.41. The Morgan fingerprint density at radius 1 is 0.917 bits per heavy atom. The van der Waals surface area contributed by atoms with E-state index in [1.54, 1.807) is 12.1 Å². The van der Waals surface area contributed by atoms with E-state index >= 15 is 0 Å². The molecule has 2 aromatic carbocycles. The topological polar surface area (TPSA) is 60.9 Å². The molecule has 1 atom stereocenters. The van der Waals surface area contributed by atoms with Crippen LogP contribution in [-0.4, -0.2) is 47.5 Å². The molecule has 0 aliphatic rings. The third kappa shape index (κ3) is 4.49. The average Bonchev–Trinajstić information content (AvgIpc) is 2.54. The van der Waals surface area contributed by atoms with E-state index in [2.05, 4.69) is 0 Å². The first-order valence-corrected chi connectivity index (χ1v) is 9.54. The SMILES string of the molecule is CN(C)c1ccc(N(C)CC(O)c2ccc(S(C)(=O)=O)cc2)cc1. The van der Waals surface area contributed by atoms with E-state index in [1.807, 2.05) is 55.2 Å². The van der Waals surface area contributed by atoms with Crippen LogP contribution in [0.2, 0.25) is 0 Å². The van der Waals surface area contributed by atoms with Crippen molar-refractivity contribution in [3.63, 3.8) is 0 Å². The van der Waals surface area contributed by atoms with Gasteiger partial charge in [-0.15, -0.1) is 0 Å². The Balaban J connectivity index is 2.06. The van der Waals surface area contributed by atoms with E-state index in [1.165, 1.54) is 18.4 Å². The van der Waals surface area contributed by atoms with Gasteiger partial charge in [0, 0.05) is 45.3 Å². The van der Waals surface area contributed by atoms with Gasteiger partial charge in [0.1, 0.15) is 0 Å². The monoisotopic (exact) mass is 348 g/mol. The molecule has 24 heavy (non-hydrogen) atoms. The van der Waals surface area contributed by atoms with Gasteiger partial charge in [0.2, 0.25) is 0 Å². The van der Waals surface area contributed by atoms with Crippen LogP contribution in [0.5, 0.6) is 0 Å². The van der Waals surface area contributed by atoms with Crippen molar-refractivity contribution < 1.29 is 13.5 Å². The quantitative estimate of drug-likeness (QED) is 0.868. The highest BCUT2D eigenvalue weighted by atomic mass is 32.2. The lowest BCUT2D eigenvalue weighted by atomic mass is 10.1. The fourth-order valence-corrected chi connectivity index (χ4v) is 3.04. The molecule has 5 nitrogen and oxygen atoms in total. The lowest BCUT2D eigenvalue weighted by Gasteiger charge is -2.24. The molecule has 1 unspecified atom stereocenters. The second-order valence-corrected chi connectivity index (χ2v) is 8.16. The first kappa shape index (κ1) is 18.3. The maximum atomic E-state index is 11.5. The van der Waals surface area contributed by atoms with Gasteiger partial charge in [-0.25, -0.2) is 8.42 Å². The van der Waals surface area contributed by atoms with Crippen LogP contribution in [0.15, 0.2) is 53.4 Å². The normalized spacial score (nSPS) is 12.7. The van der Waals surface area contributed by atoms with Crippen LogP contribution in [0, 0.1) is 0 Å². The van der Waals surface area contributed by atoms with Gasteiger partial charge in [-0.1, -0.05) is 12.1 Å². The summed E-state index contributed by atoms with van der Waals surface area (Å²) in [5.41, 5.74) is 2.82. The van der Waals surface area contributed by atoms with E-state index in [9.17, 15) is 13.5 Å². The summed E-state index contributed by atoms with van der Waals surface area (Å²) in [6.07, 6.45) is 0.473. The van der Waals surface area contributed by atoms with Crippen molar-refractivity contribution in [3.8, 4) is 0 Å². The van der Waals surface area contributed by atoms with E-state index < -0.39 is 15.9 Å². The largest absolute Gasteiger partial charge is 0.387 e. The van der Waals surface area contributed by atoms with E-state index in [-0.39, 0.29) is 4.90 Å². The summed E-state index contributed by atoms with van der Waals surface area (Å²) in [5, 5.41) is 10.4. The van der Waals surface area contributed by atoms with Gasteiger partial charge in [-0.2, -0.15) is 0 Å². The van der Waals surface area contributed by atoms with Gasteiger partial charge in [-0.05, 0) is 42.0 Å². The predicted octanol–water partition coefficient (Wildman–Crippen LogP) is 2.33. The molecule has 0 heterocycles. The van der Waals surface area contributed by atoms with Crippen LogP contribution in [0.25, 0.3) is 0 Å². The molecule has 0 bridgehead atoms.